The highest BCUT2D eigenvalue weighted by molar-refractivity contribution is 7.93. The second-order valence-electron chi connectivity index (χ2n) is 5.90. The molecular weight excluding hydrogens is 403 g/mol. The third-order valence-electron chi connectivity index (χ3n) is 4.04. The second kappa shape index (κ2) is 7.13. The molecule has 2 heterocycles. The maximum Gasteiger partial charge on any atom is 0.263 e. The number of benzene rings is 2. The van der Waals surface area contributed by atoms with Gasteiger partial charge in [0.1, 0.15) is 12.4 Å². The molecule has 0 aliphatic rings. The molecule has 0 saturated carbocycles. The highest BCUT2D eigenvalue weighted by atomic mass is 32.2. The van der Waals surface area contributed by atoms with Crippen LogP contribution in [0.15, 0.2) is 65.1 Å². The van der Waals surface area contributed by atoms with E-state index in [2.05, 4.69) is 14.8 Å². The van der Waals surface area contributed by atoms with E-state index in [1.165, 1.54) is 64.8 Å². The normalized spacial score (nSPS) is 11.6. The second-order valence-corrected chi connectivity index (χ2v) is 8.47. The number of carbonyl (C=O) groups excluding carboxylic acids is 1. The standard InChI is InChI=1S/C18H13FN4O3S2/c19-14-3-1-12(2-4-14)17(24)11-23-16-6-5-15(9-13(16)10-21-23)28(25,26)22-18-20-7-8-27-18/h1-10H,11H2,(H,20,22). The van der Waals surface area contributed by atoms with E-state index in [1.54, 1.807) is 11.4 Å². The third-order valence-corrected chi connectivity index (χ3v) is 6.19. The van der Waals surface area contributed by atoms with E-state index < -0.39 is 15.8 Å². The SMILES string of the molecule is O=C(Cn1ncc2cc(S(=O)(=O)Nc3nccs3)ccc21)c1ccc(F)cc1. The van der Waals surface area contributed by atoms with E-state index in [0.717, 1.165) is 0 Å². The summed E-state index contributed by atoms with van der Waals surface area (Å²) in [5.74, 6) is -0.645. The molecule has 28 heavy (non-hydrogen) atoms. The predicted molar refractivity (Wildman–Crippen MR) is 103 cm³/mol. The molecule has 0 atom stereocenters. The van der Waals surface area contributed by atoms with Crippen molar-refractivity contribution in [2.45, 2.75) is 11.4 Å². The Bertz CT molecular complexity index is 1250. The van der Waals surface area contributed by atoms with Crippen molar-refractivity contribution in [2.75, 3.05) is 4.72 Å². The van der Waals surface area contributed by atoms with Crippen molar-refractivity contribution in [2.24, 2.45) is 0 Å². The fourth-order valence-corrected chi connectivity index (χ4v) is 4.49. The number of carbonyl (C=O) groups is 1. The molecule has 0 unspecified atom stereocenters. The lowest BCUT2D eigenvalue weighted by atomic mass is 10.1. The largest absolute Gasteiger partial charge is 0.292 e. The number of Topliss-reactive ketones (excluding diaryl/α,β-unsaturated/α-hetero) is 1. The van der Waals surface area contributed by atoms with Gasteiger partial charge in [-0.15, -0.1) is 11.3 Å². The Morgan fingerprint density at radius 1 is 1.18 bits per heavy atom. The van der Waals surface area contributed by atoms with Gasteiger partial charge in [-0.2, -0.15) is 5.10 Å². The van der Waals surface area contributed by atoms with Crippen molar-refractivity contribution in [3.8, 4) is 0 Å². The van der Waals surface area contributed by atoms with Crippen LogP contribution in [0.5, 0.6) is 0 Å². The van der Waals surface area contributed by atoms with Gasteiger partial charge in [0.15, 0.2) is 10.9 Å². The van der Waals surface area contributed by atoms with Crippen LogP contribution < -0.4 is 4.72 Å². The van der Waals surface area contributed by atoms with E-state index in [1.807, 2.05) is 0 Å². The first kappa shape index (κ1) is 18.3. The first-order valence-corrected chi connectivity index (χ1v) is 10.5. The number of nitrogens with one attached hydrogen (secondary N) is 1. The molecule has 0 fully saturated rings. The van der Waals surface area contributed by atoms with Gasteiger partial charge in [0.25, 0.3) is 10.0 Å². The van der Waals surface area contributed by atoms with Crippen LogP contribution in [0.1, 0.15) is 10.4 Å². The lowest BCUT2D eigenvalue weighted by Gasteiger charge is -2.06. The van der Waals surface area contributed by atoms with Crippen molar-refractivity contribution < 1.29 is 17.6 Å². The third kappa shape index (κ3) is 3.64. The number of halogens is 1. The Hall–Kier alpha value is -3.11. The Balaban J connectivity index is 1.59. The van der Waals surface area contributed by atoms with E-state index in [0.29, 0.717) is 16.5 Å². The Kier molecular flexibility index (Phi) is 4.65. The van der Waals surface area contributed by atoms with Crippen molar-refractivity contribution in [3.05, 3.63) is 71.6 Å². The smallest absolute Gasteiger partial charge is 0.263 e. The molecule has 0 saturated heterocycles. The van der Waals surface area contributed by atoms with Crippen molar-refractivity contribution in [1.29, 1.82) is 0 Å². The molecule has 1 N–H and O–H groups in total. The zero-order valence-corrected chi connectivity index (χ0v) is 15.9. The number of rotatable bonds is 6. The van der Waals surface area contributed by atoms with Crippen LogP contribution in [0.3, 0.4) is 0 Å². The van der Waals surface area contributed by atoms with Gasteiger partial charge in [-0.25, -0.2) is 17.8 Å². The number of aromatic nitrogens is 3. The van der Waals surface area contributed by atoms with Gasteiger partial charge in [0.2, 0.25) is 0 Å². The number of hydrogen-bond donors (Lipinski definition) is 1. The first-order valence-electron chi connectivity index (χ1n) is 8.09. The summed E-state index contributed by atoms with van der Waals surface area (Å²) in [7, 11) is -3.78. The van der Waals surface area contributed by atoms with Crippen molar-refractivity contribution in [3.63, 3.8) is 0 Å². The lowest BCUT2D eigenvalue weighted by molar-refractivity contribution is 0.0969. The number of sulfonamides is 1. The van der Waals surface area contributed by atoms with Gasteiger partial charge in [-0.3, -0.25) is 14.2 Å². The molecule has 7 nitrogen and oxygen atoms in total. The van der Waals surface area contributed by atoms with E-state index in [-0.39, 0.29) is 22.4 Å². The van der Waals surface area contributed by atoms with Crippen LogP contribution in [0, 0.1) is 5.82 Å². The molecule has 0 spiro atoms. The number of anilines is 1. The minimum absolute atomic E-state index is 0.0431. The molecular formula is C18H13FN4O3S2. The summed E-state index contributed by atoms with van der Waals surface area (Å²) in [4.78, 5) is 16.4. The molecule has 4 aromatic rings. The molecule has 2 aromatic heterocycles. The Morgan fingerprint density at radius 2 is 1.96 bits per heavy atom. The van der Waals surface area contributed by atoms with Crippen molar-refractivity contribution >= 4 is 43.2 Å². The van der Waals surface area contributed by atoms with E-state index >= 15 is 0 Å². The molecule has 142 valence electrons. The van der Waals surface area contributed by atoms with Gasteiger partial charge in [0, 0.05) is 22.5 Å². The fraction of sp³-hybridized carbons (Fsp3) is 0.0556. The Morgan fingerprint density at radius 3 is 2.68 bits per heavy atom. The van der Waals surface area contributed by atoms with Crippen LogP contribution in [-0.2, 0) is 16.6 Å². The lowest BCUT2D eigenvalue weighted by Crippen LogP contribution is -2.13. The highest BCUT2D eigenvalue weighted by Gasteiger charge is 2.17. The summed E-state index contributed by atoms with van der Waals surface area (Å²) < 4.78 is 41.9. The quantitative estimate of drug-likeness (QED) is 0.487. The van der Waals surface area contributed by atoms with Crippen LogP contribution in [0.4, 0.5) is 9.52 Å². The molecule has 0 radical (unpaired) electrons. The van der Waals surface area contributed by atoms with Crippen LogP contribution in [0.25, 0.3) is 10.9 Å². The maximum absolute atomic E-state index is 13.0. The zero-order chi connectivity index (χ0) is 19.7. The molecule has 0 amide bonds. The average molecular weight is 416 g/mol. The number of fused-ring (bicyclic) bond motifs is 1. The van der Waals surface area contributed by atoms with E-state index in [9.17, 15) is 17.6 Å². The number of hydrogen-bond acceptors (Lipinski definition) is 6. The topological polar surface area (TPSA) is 94.0 Å². The number of thiazole rings is 1. The maximum atomic E-state index is 13.0. The summed E-state index contributed by atoms with van der Waals surface area (Å²) in [5, 5.41) is 6.70. The van der Waals surface area contributed by atoms with Crippen LogP contribution >= 0.6 is 11.3 Å². The summed E-state index contributed by atoms with van der Waals surface area (Å²) in [6.07, 6.45) is 3.00. The summed E-state index contributed by atoms with van der Waals surface area (Å²) in [6.45, 7) is -0.0431. The van der Waals surface area contributed by atoms with Crippen LogP contribution in [0.2, 0.25) is 0 Å². The zero-order valence-electron chi connectivity index (χ0n) is 14.2. The molecule has 4 rings (SSSR count). The molecule has 0 bridgehead atoms. The summed E-state index contributed by atoms with van der Waals surface area (Å²) in [5.41, 5.74) is 0.987. The van der Waals surface area contributed by atoms with Gasteiger partial charge in [-0.05, 0) is 42.5 Å². The monoisotopic (exact) mass is 416 g/mol. The number of ketones is 1. The van der Waals surface area contributed by atoms with Gasteiger partial charge < -0.3 is 0 Å². The molecule has 0 aliphatic heterocycles. The molecule has 10 heteroatoms. The summed E-state index contributed by atoms with van der Waals surface area (Å²) >= 11 is 1.18. The summed E-state index contributed by atoms with van der Waals surface area (Å²) in [6, 6.07) is 9.80. The minimum atomic E-state index is -3.78. The molecule has 0 aliphatic carbocycles. The van der Waals surface area contributed by atoms with Gasteiger partial charge in [0.05, 0.1) is 16.6 Å². The van der Waals surface area contributed by atoms with Gasteiger partial charge >= 0.3 is 0 Å². The predicted octanol–water partition coefficient (Wildman–Crippen LogP) is 3.32. The van der Waals surface area contributed by atoms with Crippen molar-refractivity contribution in [1.82, 2.24) is 14.8 Å². The average Bonchev–Trinajstić information content (AvgIpc) is 3.31. The Labute approximate surface area is 163 Å². The van der Waals surface area contributed by atoms with E-state index in [4.69, 9.17) is 0 Å². The van der Waals surface area contributed by atoms with Gasteiger partial charge in [-0.1, -0.05) is 0 Å². The molecule has 2 aromatic carbocycles. The minimum Gasteiger partial charge on any atom is -0.292 e. The fourth-order valence-electron chi connectivity index (χ4n) is 2.67. The number of nitrogens with zero attached hydrogens (tertiary/aromatic N) is 3. The van der Waals surface area contributed by atoms with Crippen LogP contribution in [-0.4, -0.2) is 29.0 Å². The highest BCUT2D eigenvalue weighted by Crippen LogP contribution is 2.22. The first-order chi connectivity index (χ1) is 13.4.